The summed E-state index contributed by atoms with van der Waals surface area (Å²) in [5, 5.41) is 15.4. The van der Waals surface area contributed by atoms with E-state index in [1.807, 2.05) is 23.5 Å². The number of rotatable bonds is 7. The highest BCUT2D eigenvalue weighted by atomic mass is 32.1. The topological polar surface area (TPSA) is 49.2 Å². The van der Waals surface area contributed by atoms with E-state index in [9.17, 15) is 0 Å². The molecule has 0 saturated carbocycles. The molecule has 6 heteroatoms. The first-order valence-electron chi connectivity index (χ1n) is 17.8. The summed E-state index contributed by atoms with van der Waals surface area (Å²) >= 11 is 6.77. The number of hydrogen-bond donors (Lipinski definition) is 4. The third kappa shape index (κ3) is 6.07. The van der Waals surface area contributed by atoms with Crippen LogP contribution in [0.5, 0.6) is 0 Å². The Bertz CT molecular complexity index is 2560. The molecule has 256 valence electrons. The van der Waals surface area contributed by atoms with E-state index in [0.29, 0.717) is 0 Å². The Morgan fingerprint density at radius 2 is 1.54 bits per heavy atom. The van der Waals surface area contributed by atoms with Crippen LogP contribution in [0.2, 0.25) is 0 Å². The van der Waals surface area contributed by atoms with Gasteiger partial charge in [0.05, 0.1) is 18.5 Å². The van der Waals surface area contributed by atoms with Crippen LogP contribution < -0.4 is 16.0 Å². The minimum Gasteiger partial charge on any atom is -0.455 e. The molecule has 0 bridgehead atoms. The number of nitrogens with one attached hydrogen (secondary N) is 3. The first-order valence-corrected chi connectivity index (χ1v) is 19.1. The van der Waals surface area contributed by atoms with Crippen LogP contribution in [0.4, 0.5) is 0 Å². The largest absolute Gasteiger partial charge is 0.455 e. The van der Waals surface area contributed by atoms with Gasteiger partial charge in [-0.3, -0.25) is 16.0 Å². The van der Waals surface area contributed by atoms with E-state index in [4.69, 9.17) is 17.0 Å². The number of fused-ring (bicyclic) bond motifs is 6. The molecule has 1 fully saturated rings. The standard InChI is InChI=1S/C46H39N3OS2/c1-28(32-19-11-20-34-33-17-6-8-22-38(33)50-43(32)34)13-10-14-29(2)37-27-31(25-26-39(37)51)45-47-44(30-15-4-3-5-16-30)48-46(49-45)36-21-12-24-41-42(36)35-18-7-9-23-40(35)52-41/h3-20,22-27,36,44-49,51H,2,21H2,1H3/b14-10-,28-13+. The summed E-state index contributed by atoms with van der Waals surface area (Å²) in [6.45, 7) is 6.60. The van der Waals surface area contributed by atoms with E-state index < -0.39 is 0 Å². The molecule has 2 aliphatic rings. The zero-order valence-corrected chi connectivity index (χ0v) is 30.6. The van der Waals surface area contributed by atoms with Gasteiger partial charge in [-0.25, -0.2) is 0 Å². The highest BCUT2D eigenvalue weighted by Gasteiger charge is 2.36. The molecular formula is C46H39N3OS2. The Labute approximate surface area is 313 Å². The lowest BCUT2D eigenvalue weighted by molar-refractivity contribution is 0.179. The summed E-state index contributed by atoms with van der Waals surface area (Å²) in [6, 6.07) is 40.5. The smallest absolute Gasteiger partial charge is 0.142 e. The second-order valence-corrected chi connectivity index (χ2v) is 15.2. The van der Waals surface area contributed by atoms with Gasteiger partial charge in [0.25, 0.3) is 0 Å². The van der Waals surface area contributed by atoms with Gasteiger partial charge in [0.15, 0.2) is 0 Å². The predicted molar refractivity (Wildman–Crippen MR) is 223 cm³/mol. The van der Waals surface area contributed by atoms with Crippen LogP contribution >= 0.6 is 24.0 Å². The van der Waals surface area contributed by atoms with Gasteiger partial charge in [0, 0.05) is 36.7 Å². The Morgan fingerprint density at radius 3 is 2.40 bits per heavy atom. The van der Waals surface area contributed by atoms with Crippen molar-refractivity contribution in [3.63, 3.8) is 0 Å². The maximum Gasteiger partial charge on any atom is 0.142 e. The van der Waals surface area contributed by atoms with Crippen molar-refractivity contribution in [2.45, 2.75) is 42.7 Å². The van der Waals surface area contributed by atoms with E-state index in [2.05, 4.69) is 163 Å². The van der Waals surface area contributed by atoms with Gasteiger partial charge in [-0.1, -0.05) is 122 Å². The van der Waals surface area contributed by atoms with Crippen molar-refractivity contribution in [3.05, 3.63) is 179 Å². The van der Waals surface area contributed by atoms with Crippen molar-refractivity contribution in [3.8, 4) is 0 Å². The fourth-order valence-corrected chi connectivity index (χ4v) is 9.29. The number of hydrogen-bond acceptors (Lipinski definition) is 6. The minimum absolute atomic E-state index is 0.0321. The molecular weight excluding hydrogens is 675 g/mol. The zero-order valence-electron chi connectivity index (χ0n) is 28.8. The average Bonchev–Trinajstić information content (AvgIpc) is 3.77. The van der Waals surface area contributed by atoms with Gasteiger partial charge in [-0.2, -0.15) is 0 Å². The minimum atomic E-state index is -0.105. The maximum absolute atomic E-state index is 6.29. The Hall–Kier alpha value is -4.95. The molecule has 7 aromatic rings. The van der Waals surface area contributed by atoms with E-state index in [1.54, 1.807) is 0 Å². The molecule has 1 aliphatic carbocycles. The highest BCUT2D eigenvalue weighted by molar-refractivity contribution is 7.80. The predicted octanol–water partition coefficient (Wildman–Crippen LogP) is 11.8. The summed E-state index contributed by atoms with van der Waals surface area (Å²) in [5.41, 5.74) is 9.71. The lowest BCUT2D eigenvalue weighted by atomic mass is 9.85. The average molecular weight is 714 g/mol. The lowest BCUT2D eigenvalue weighted by Gasteiger charge is -2.43. The third-order valence-corrected chi connectivity index (χ3v) is 12.0. The van der Waals surface area contributed by atoms with Crippen molar-refractivity contribution >= 4 is 73.2 Å². The molecule has 0 amide bonds. The number of allylic oxidation sites excluding steroid dienone is 6. The van der Waals surface area contributed by atoms with E-state index >= 15 is 0 Å². The first-order chi connectivity index (χ1) is 25.5. The molecule has 3 heterocycles. The van der Waals surface area contributed by atoms with Crippen LogP contribution in [0.1, 0.15) is 64.3 Å². The molecule has 4 atom stereocenters. The Morgan fingerprint density at radius 1 is 0.788 bits per heavy atom. The number of thiophene rings is 1. The fourth-order valence-electron chi connectivity index (χ4n) is 7.80. The van der Waals surface area contributed by atoms with Crippen molar-refractivity contribution in [2.24, 2.45) is 0 Å². The summed E-state index contributed by atoms with van der Waals surface area (Å²) in [5.74, 6) is 0.272. The van der Waals surface area contributed by atoms with Gasteiger partial charge in [0.2, 0.25) is 0 Å². The fraction of sp³-hybridized carbons (Fsp3) is 0.130. The zero-order chi connectivity index (χ0) is 35.2. The monoisotopic (exact) mass is 713 g/mol. The molecule has 9 rings (SSSR count). The van der Waals surface area contributed by atoms with E-state index in [1.165, 1.54) is 26.1 Å². The van der Waals surface area contributed by atoms with Crippen molar-refractivity contribution in [2.75, 3.05) is 0 Å². The second-order valence-electron chi connectivity index (χ2n) is 13.7. The van der Waals surface area contributed by atoms with Crippen molar-refractivity contribution in [1.29, 1.82) is 0 Å². The normalized spacial score (nSPS) is 20.6. The van der Waals surface area contributed by atoms with Gasteiger partial charge in [-0.05, 0) is 82.5 Å². The molecule has 5 aromatic carbocycles. The molecule has 2 aromatic heterocycles. The number of para-hydroxylation sites is 2. The van der Waals surface area contributed by atoms with Gasteiger partial charge in [0.1, 0.15) is 11.2 Å². The molecule has 3 N–H and O–H groups in total. The van der Waals surface area contributed by atoms with Crippen LogP contribution in [0.25, 0.3) is 49.2 Å². The van der Waals surface area contributed by atoms with Crippen LogP contribution in [0, 0.1) is 0 Å². The van der Waals surface area contributed by atoms with Crippen LogP contribution in [0.3, 0.4) is 0 Å². The summed E-state index contributed by atoms with van der Waals surface area (Å²) < 4.78 is 7.63. The highest BCUT2D eigenvalue weighted by Crippen LogP contribution is 2.44. The SMILES string of the molecule is C=C(/C=C\C=C(/C)c1cccc2c1oc1ccccc12)c1cc(C2NC(c3ccccc3)NC(C3CC=Cc4sc5ccccc5c43)N2)ccc1S. The Kier molecular flexibility index (Phi) is 8.79. The third-order valence-electron chi connectivity index (χ3n) is 10.4. The van der Waals surface area contributed by atoms with Gasteiger partial charge >= 0.3 is 0 Å². The van der Waals surface area contributed by atoms with E-state index in [0.717, 1.165) is 61.1 Å². The number of thiol groups is 1. The van der Waals surface area contributed by atoms with Gasteiger partial charge < -0.3 is 4.42 Å². The van der Waals surface area contributed by atoms with Crippen molar-refractivity contribution in [1.82, 2.24) is 16.0 Å². The quantitative estimate of drug-likeness (QED) is 0.0981. The molecule has 52 heavy (non-hydrogen) atoms. The number of furan rings is 1. The summed E-state index contributed by atoms with van der Waals surface area (Å²) in [6.07, 6.45) is 11.8. The molecule has 0 spiro atoms. The molecule has 4 nitrogen and oxygen atoms in total. The van der Waals surface area contributed by atoms with E-state index in [-0.39, 0.29) is 24.4 Å². The first kappa shape index (κ1) is 32.9. The van der Waals surface area contributed by atoms with Crippen LogP contribution in [-0.4, -0.2) is 6.17 Å². The van der Waals surface area contributed by atoms with Crippen molar-refractivity contribution < 1.29 is 4.42 Å². The molecule has 4 unspecified atom stereocenters. The molecule has 1 saturated heterocycles. The maximum atomic E-state index is 6.29. The summed E-state index contributed by atoms with van der Waals surface area (Å²) in [4.78, 5) is 2.25. The lowest BCUT2D eigenvalue weighted by Crippen LogP contribution is -2.61. The van der Waals surface area contributed by atoms with Crippen LogP contribution in [-0.2, 0) is 0 Å². The van der Waals surface area contributed by atoms with Crippen LogP contribution in [0.15, 0.2) is 155 Å². The second kappa shape index (κ2) is 13.9. The number of benzene rings is 5. The van der Waals surface area contributed by atoms with Gasteiger partial charge in [-0.15, -0.1) is 24.0 Å². The Balaban J connectivity index is 1.01. The summed E-state index contributed by atoms with van der Waals surface area (Å²) in [7, 11) is 0. The molecule has 1 aliphatic heterocycles. The molecule has 0 radical (unpaired) electrons.